The third kappa shape index (κ3) is 3.10. The van der Waals surface area contributed by atoms with Gasteiger partial charge in [0.15, 0.2) is 5.82 Å². The molecule has 0 unspecified atom stereocenters. The number of nitrogens with two attached hydrogens (primary N) is 1. The van der Waals surface area contributed by atoms with E-state index in [0.29, 0.717) is 17.1 Å². The van der Waals surface area contributed by atoms with Gasteiger partial charge in [-0.05, 0) is 52.7 Å². The maximum Gasteiger partial charge on any atom is 0.259 e. The summed E-state index contributed by atoms with van der Waals surface area (Å²) in [4.78, 5) is 16.2. The Kier molecular flexibility index (Phi) is 4.13. The Bertz CT molecular complexity index is 615. The fourth-order valence-corrected chi connectivity index (χ4v) is 2.21. The van der Waals surface area contributed by atoms with Gasteiger partial charge in [-0.2, -0.15) is 0 Å². The van der Waals surface area contributed by atoms with Crippen molar-refractivity contribution in [1.82, 2.24) is 4.98 Å². The van der Waals surface area contributed by atoms with E-state index in [2.05, 4.69) is 31.7 Å². The van der Waals surface area contributed by atoms with Crippen LogP contribution in [-0.4, -0.2) is 10.9 Å². The van der Waals surface area contributed by atoms with Crippen LogP contribution in [0, 0.1) is 6.92 Å². The number of aromatic nitrogens is 1. The lowest BCUT2D eigenvalue weighted by Gasteiger charge is -2.10. The predicted octanol–water partition coefficient (Wildman–Crippen LogP) is 2.69. The molecule has 1 heterocycles. The Morgan fingerprint density at radius 3 is 2.84 bits per heavy atom. The van der Waals surface area contributed by atoms with Gasteiger partial charge in [0.2, 0.25) is 0 Å². The number of nitrogens with zero attached hydrogens (tertiary/aromatic N) is 1. The number of anilines is 2. The van der Waals surface area contributed by atoms with E-state index in [4.69, 9.17) is 5.84 Å². The summed E-state index contributed by atoms with van der Waals surface area (Å²) in [6, 6.07) is 9.02. The second-order valence-electron chi connectivity index (χ2n) is 3.98. The quantitative estimate of drug-likeness (QED) is 0.600. The number of pyridine rings is 1. The molecule has 98 valence electrons. The lowest BCUT2D eigenvalue weighted by molar-refractivity contribution is 0.102. The average molecular weight is 321 g/mol. The molecule has 1 aromatic heterocycles. The summed E-state index contributed by atoms with van der Waals surface area (Å²) in [6.07, 6.45) is 1.56. The molecule has 19 heavy (non-hydrogen) atoms. The van der Waals surface area contributed by atoms with Crippen LogP contribution < -0.4 is 16.6 Å². The van der Waals surface area contributed by atoms with Crippen LogP contribution in [0.2, 0.25) is 0 Å². The first-order chi connectivity index (χ1) is 9.11. The zero-order chi connectivity index (χ0) is 13.8. The summed E-state index contributed by atoms with van der Waals surface area (Å²) < 4.78 is 0.826. The maximum atomic E-state index is 12.2. The van der Waals surface area contributed by atoms with E-state index in [0.717, 1.165) is 10.0 Å². The van der Waals surface area contributed by atoms with Gasteiger partial charge in [0.1, 0.15) is 0 Å². The molecule has 0 spiro atoms. The summed E-state index contributed by atoms with van der Waals surface area (Å²) in [7, 11) is 0. The molecule has 0 aliphatic heterocycles. The molecule has 4 N–H and O–H groups in total. The Hall–Kier alpha value is -1.92. The number of aryl methyl sites for hydroxylation is 1. The zero-order valence-electron chi connectivity index (χ0n) is 10.3. The van der Waals surface area contributed by atoms with E-state index in [1.54, 1.807) is 18.3 Å². The van der Waals surface area contributed by atoms with Crippen LogP contribution >= 0.6 is 15.9 Å². The van der Waals surface area contributed by atoms with Crippen molar-refractivity contribution in [3.8, 4) is 0 Å². The molecule has 0 bridgehead atoms. The lowest BCUT2D eigenvalue weighted by Crippen LogP contribution is -2.18. The molecule has 0 aliphatic rings. The Morgan fingerprint density at radius 1 is 1.37 bits per heavy atom. The third-order valence-electron chi connectivity index (χ3n) is 2.56. The van der Waals surface area contributed by atoms with Gasteiger partial charge in [0.25, 0.3) is 5.91 Å². The summed E-state index contributed by atoms with van der Waals surface area (Å²) in [5.41, 5.74) is 4.59. The number of carbonyl (C=O) groups is 1. The van der Waals surface area contributed by atoms with Crippen molar-refractivity contribution in [2.24, 2.45) is 5.84 Å². The van der Waals surface area contributed by atoms with E-state index in [1.165, 1.54) is 0 Å². The molecule has 0 fully saturated rings. The van der Waals surface area contributed by atoms with Crippen LogP contribution in [0.15, 0.2) is 41.0 Å². The van der Waals surface area contributed by atoms with Gasteiger partial charge in [0.05, 0.1) is 11.3 Å². The first-order valence-corrected chi connectivity index (χ1v) is 6.40. The van der Waals surface area contributed by atoms with Crippen molar-refractivity contribution in [2.75, 3.05) is 10.7 Å². The fraction of sp³-hybridized carbons (Fsp3) is 0.0769. The molecule has 0 radical (unpaired) electrons. The summed E-state index contributed by atoms with van der Waals surface area (Å²) in [6.45, 7) is 1.98. The summed E-state index contributed by atoms with van der Waals surface area (Å²) in [5.74, 6) is 5.39. The predicted molar refractivity (Wildman–Crippen MR) is 78.9 cm³/mol. The number of nitrogens with one attached hydrogen (secondary N) is 2. The topological polar surface area (TPSA) is 80.0 Å². The highest BCUT2D eigenvalue weighted by Crippen LogP contribution is 2.24. The van der Waals surface area contributed by atoms with E-state index in [-0.39, 0.29) is 5.91 Å². The maximum absolute atomic E-state index is 12.2. The SMILES string of the molecule is Cc1ccc(NC(=O)c2cccnc2NN)c(Br)c1. The van der Waals surface area contributed by atoms with Crippen LogP contribution in [0.3, 0.4) is 0 Å². The zero-order valence-corrected chi connectivity index (χ0v) is 11.9. The second kappa shape index (κ2) is 5.81. The van der Waals surface area contributed by atoms with Gasteiger partial charge in [-0.15, -0.1) is 0 Å². The number of hydrogen-bond donors (Lipinski definition) is 3. The summed E-state index contributed by atoms with van der Waals surface area (Å²) >= 11 is 3.41. The number of hydrazine groups is 1. The second-order valence-corrected chi connectivity index (χ2v) is 4.84. The van der Waals surface area contributed by atoms with Crippen molar-refractivity contribution in [1.29, 1.82) is 0 Å². The minimum Gasteiger partial charge on any atom is -0.321 e. The molecule has 0 aliphatic carbocycles. The highest BCUT2D eigenvalue weighted by atomic mass is 79.9. The van der Waals surface area contributed by atoms with Crippen LogP contribution in [0.5, 0.6) is 0 Å². The molecule has 1 aromatic carbocycles. The van der Waals surface area contributed by atoms with Crippen molar-refractivity contribution in [3.05, 3.63) is 52.1 Å². The van der Waals surface area contributed by atoms with Crippen molar-refractivity contribution < 1.29 is 4.79 Å². The highest BCUT2D eigenvalue weighted by molar-refractivity contribution is 9.10. The molecular weight excluding hydrogens is 308 g/mol. The van der Waals surface area contributed by atoms with Crippen LogP contribution in [0.1, 0.15) is 15.9 Å². The number of amides is 1. The molecule has 0 saturated heterocycles. The highest BCUT2D eigenvalue weighted by Gasteiger charge is 2.12. The van der Waals surface area contributed by atoms with Gasteiger partial charge in [-0.1, -0.05) is 6.07 Å². The Labute approximate surface area is 119 Å². The van der Waals surface area contributed by atoms with Gasteiger partial charge < -0.3 is 10.7 Å². The van der Waals surface area contributed by atoms with Crippen LogP contribution in [0.4, 0.5) is 11.5 Å². The molecule has 0 saturated carbocycles. The van der Waals surface area contributed by atoms with Crippen molar-refractivity contribution in [3.63, 3.8) is 0 Å². The van der Waals surface area contributed by atoms with Crippen LogP contribution in [0.25, 0.3) is 0 Å². The largest absolute Gasteiger partial charge is 0.321 e. The Morgan fingerprint density at radius 2 is 2.16 bits per heavy atom. The third-order valence-corrected chi connectivity index (χ3v) is 3.22. The summed E-state index contributed by atoms with van der Waals surface area (Å²) in [5, 5.41) is 2.81. The fourth-order valence-electron chi connectivity index (χ4n) is 1.61. The number of nitrogen functional groups attached to an aromatic ring is 1. The molecule has 6 heteroatoms. The smallest absolute Gasteiger partial charge is 0.259 e. The lowest BCUT2D eigenvalue weighted by atomic mass is 10.2. The van der Waals surface area contributed by atoms with E-state index >= 15 is 0 Å². The first-order valence-electron chi connectivity index (χ1n) is 5.61. The van der Waals surface area contributed by atoms with Gasteiger partial charge in [-0.25, -0.2) is 10.8 Å². The van der Waals surface area contributed by atoms with E-state index < -0.39 is 0 Å². The molecule has 2 aromatic rings. The van der Waals surface area contributed by atoms with Gasteiger partial charge >= 0.3 is 0 Å². The van der Waals surface area contributed by atoms with E-state index in [9.17, 15) is 4.79 Å². The average Bonchev–Trinajstić information content (AvgIpc) is 2.41. The number of benzene rings is 1. The van der Waals surface area contributed by atoms with Gasteiger partial charge in [0, 0.05) is 10.7 Å². The normalized spacial score (nSPS) is 10.1. The number of carbonyl (C=O) groups excluding carboxylic acids is 1. The monoisotopic (exact) mass is 320 g/mol. The van der Waals surface area contributed by atoms with Gasteiger partial charge in [-0.3, -0.25) is 4.79 Å². The molecular formula is C13H13BrN4O. The van der Waals surface area contributed by atoms with Crippen molar-refractivity contribution >= 4 is 33.3 Å². The van der Waals surface area contributed by atoms with Crippen LogP contribution in [-0.2, 0) is 0 Å². The molecule has 5 nitrogen and oxygen atoms in total. The Balaban J connectivity index is 2.26. The standard InChI is InChI=1S/C13H13BrN4O/c1-8-4-5-11(10(14)7-8)17-13(19)9-3-2-6-16-12(9)18-15/h2-7H,15H2,1H3,(H,16,18)(H,17,19). The number of halogens is 1. The number of rotatable bonds is 3. The van der Waals surface area contributed by atoms with E-state index in [1.807, 2.05) is 25.1 Å². The minimum atomic E-state index is -0.273. The minimum absolute atomic E-state index is 0.273. The number of hydrogen-bond acceptors (Lipinski definition) is 4. The molecule has 0 atom stereocenters. The first kappa shape index (κ1) is 13.5. The van der Waals surface area contributed by atoms with Crippen molar-refractivity contribution in [2.45, 2.75) is 6.92 Å². The molecule has 2 rings (SSSR count). The molecule has 1 amide bonds.